The zero-order valence-electron chi connectivity index (χ0n) is 10.5. The van der Waals surface area contributed by atoms with Crippen molar-refractivity contribution in [2.75, 3.05) is 24.1 Å². The molecule has 1 aromatic rings. The summed E-state index contributed by atoms with van der Waals surface area (Å²) in [5, 5.41) is 6.89. The lowest BCUT2D eigenvalue weighted by molar-refractivity contribution is 0.478. The van der Waals surface area contributed by atoms with Gasteiger partial charge in [-0.05, 0) is 31.8 Å². The van der Waals surface area contributed by atoms with E-state index in [0.29, 0.717) is 17.9 Å². The third-order valence-corrected chi connectivity index (χ3v) is 3.08. The molecule has 2 heterocycles. The third kappa shape index (κ3) is 3.06. The number of rotatable bonds is 3. The van der Waals surface area contributed by atoms with Gasteiger partial charge in [0.1, 0.15) is 0 Å². The van der Waals surface area contributed by atoms with Gasteiger partial charge in [0.2, 0.25) is 5.95 Å². The molecule has 1 fully saturated rings. The Morgan fingerprint density at radius 2 is 2.12 bits per heavy atom. The van der Waals surface area contributed by atoms with Crippen molar-refractivity contribution in [3.8, 4) is 0 Å². The Kier molecular flexibility index (Phi) is 3.78. The molecule has 1 aliphatic rings. The van der Waals surface area contributed by atoms with Crippen molar-refractivity contribution < 1.29 is 0 Å². The van der Waals surface area contributed by atoms with Crippen LogP contribution in [0.2, 0.25) is 0 Å². The molecule has 1 aliphatic heterocycles. The van der Waals surface area contributed by atoms with Crippen molar-refractivity contribution in [2.45, 2.75) is 38.6 Å². The maximum absolute atomic E-state index is 5.64. The van der Waals surface area contributed by atoms with Crippen LogP contribution in [-0.2, 0) is 0 Å². The highest BCUT2D eigenvalue weighted by Gasteiger charge is 2.16. The first-order valence-corrected chi connectivity index (χ1v) is 6.26. The van der Waals surface area contributed by atoms with E-state index in [1.807, 2.05) is 0 Å². The summed E-state index contributed by atoms with van der Waals surface area (Å²) in [5.74, 6) is 0.703. The number of aromatic nitrogens is 2. The van der Waals surface area contributed by atoms with E-state index in [4.69, 9.17) is 5.73 Å². The van der Waals surface area contributed by atoms with Crippen molar-refractivity contribution in [2.24, 2.45) is 0 Å². The number of piperidine rings is 1. The van der Waals surface area contributed by atoms with E-state index in [1.165, 1.54) is 0 Å². The minimum absolute atomic E-state index is 0.351. The van der Waals surface area contributed by atoms with Gasteiger partial charge in [0.25, 0.3) is 0 Å². The summed E-state index contributed by atoms with van der Waals surface area (Å²) in [6.45, 7) is 6.39. The molecule has 0 amide bonds. The number of hydrogen-bond donors (Lipinski definition) is 3. The van der Waals surface area contributed by atoms with Gasteiger partial charge >= 0.3 is 0 Å². The molecule has 5 nitrogen and oxygen atoms in total. The number of nitrogens with zero attached hydrogens (tertiary/aromatic N) is 2. The van der Waals surface area contributed by atoms with Crippen LogP contribution in [0.3, 0.4) is 0 Å². The average molecular weight is 235 g/mol. The highest BCUT2D eigenvalue weighted by atomic mass is 15.1. The van der Waals surface area contributed by atoms with E-state index < -0.39 is 0 Å². The van der Waals surface area contributed by atoms with Crippen molar-refractivity contribution in [1.29, 1.82) is 0 Å². The number of anilines is 2. The average Bonchev–Trinajstić information content (AvgIpc) is 2.32. The van der Waals surface area contributed by atoms with Crippen LogP contribution in [0.4, 0.5) is 11.6 Å². The Bertz CT molecular complexity index is 371. The van der Waals surface area contributed by atoms with Gasteiger partial charge in [-0.15, -0.1) is 0 Å². The van der Waals surface area contributed by atoms with Crippen LogP contribution in [0.25, 0.3) is 0 Å². The van der Waals surface area contributed by atoms with Gasteiger partial charge in [0.15, 0.2) is 0 Å². The first-order chi connectivity index (χ1) is 8.16. The molecule has 0 atom stereocenters. The molecule has 1 aromatic heterocycles. The monoisotopic (exact) mass is 235 g/mol. The topological polar surface area (TPSA) is 75.9 Å². The fraction of sp³-hybridized carbons (Fsp3) is 0.667. The summed E-state index contributed by atoms with van der Waals surface area (Å²) < 4.78 is 0. The Labute approximate surface area is 102 Å². The van der Waals surface area contributed by atoms with E-state index in [9.17, 15) is 0 Å². The van der Waals surface area contributed by atoms with Crippen molar-refractivity contribution in [1.82, 2.24) is 15.3 Å². The van der Waals surface area contributed by atoms with E-state index in [2.05, 4.69) is 34.4 Å². The standard InChI is InChI=1S/C12H21N5/c1-8(2)11-10(7-15-12(13)17-11)16-9-3-5-14-6-4-9/h7-9,14,16H,3-6H2,1-2H3,(H2,13,15,17). The smallest absolute Gasteiger partial charge is 0.220 e. The number of nitrogens with two attached hydrogens (primary N) is 1. The molecule has 0 aromatic carbocycles. The van der Waals surface area contributed by atoms with Gasteiger partial charge in [-0.1, -0.05) is 13.8 Å². The lowest BCUT2D eigenvalue weighted by Gasteiger charge is -2.26. The fourth-order valence-electron chi connectivity index (χ4n) is 2.15. The van der Waals surface area contributed by atoms with Gasteiger partial charge in [-0.2, -0.15) is 0 Å². The molecule has 2 rings (SSSR count). The van der Waals surface area contributed by atoms with Gasteiger partial charge in [0.05, 0.1) is 17.6 Å². The maximum atomic E-state index is 5.64. The highest BCUT2D eigenvalue weighted by Crippen LogP contribution is 2.23. The second kappa shape index (κ2) is 5.31. The summed E-state index contributed by atoms with van der Waals surface area (Å²) in [6.07, 6.45) is 4.09. The minimum atomic E-state index is 0.351. The number of nitrogen functional groups attached to an aromatic ring is 1. The van der Waals surface area contributed by atoms with Crippen LogP contribution in [0, 0.1) is 0 Å². The normalized spacial score (nSPS) is 17.4. The lowest BCUT2D eigenvalue weighted by atomic mass is 10.0. The Hall–Kier alpha value is -1.36. The maximum Gasteiger partial charge on any atom is 0.220 e. The van der Waals surface area contributed by atoms with E-state index in [-0.39, 0.29) is 0 Å². The SMILES string of the molecule is CC(C)c1nc(N)ncc1NC1CCNCC1. The molecule has 0 radical (unpaired) electrons. The van der Waals surface area contributed by atoms with Crippen LogP contribution < -0.4 is 16.4 Å². The summed E-state index contributed by atoms with van der Waals surface area (Å²) in [7, 11) is 0. The first kappa shape index (κ1) is 12.1. The Morgan fingerprint density at radius 3 is 2.76 bits per heavy atom. The summed E-state index contributed by atoms with van der Waals surface area (Å²) >= 11 is 0. The van der Waals surface area contributed by atoms with Crippen LogP contribution in [0.5, 0.6) is 0 Å². The third-order valence-electron chi connectivity index (χ3n) is 3.08. The molecule has 0 saturated carbocycles. The molecule has 0 spiro atoms. The summed E-state index contributed by atoms with van der Waals surface area (Å²) in [5.41, 5.74) is 7.68. The Morgan fingerprint density at radius 1 is 1.41 bits per heavy atom. The second-order valence-corrected chi connectivity index (χ2v) is 4.85. The minimum Gasteiger partial charge on any atom is -0.379 e. The fourth-order valence-corrected chi connectivity index (χ4v) is 2.15. The van der Waals surface area contributed by atoms with Crippen molar-refractivity contribution in [3.63, 3.8) is 0 Å². The zero-order chi connectivity index (χ0) is 12.3. The molecule has 17 heavy (non-hydrogen) atoms. The lowest BCUT2D eigenvalue weighted by Crippen LogP contribution is -2.35. The molecule has 5 heteroatoms. The quantitative estimate of drug-likeness (QED) is 0.737. The van der Waals surface area contributed by atoms with Gasteiger partial charge in [-0.25, -0.2) is 9.97 Å². The van der Waals surface area contributed by atoms with Crippen molar-refractivity contribution in [3.05, 3.63) is 11.9 Å². The van der Waals surface area contributed by atoms with Crippen LogP contribution in [0.1, 0.15) is 38.3 Å². The summed E-state index contributed by atoms with van der Waals surface area (Å²) in [4.78, 5) is 8.40. The highest BCUT2D eigenvalue weighted by molar-refractivity contribution is 5.50. The molecule has 0 bridgehead atoms. The predicted octanol–water partition coefficient (Wildman–Crippen LogP) is 1.35. The van der Waals surface area contributed by atoms with E-state index in [1.54, 1.807) is 6.20 Å². The van der Waals surface area contributed by atoms with Gasteiger partial charge in [0, 0.05) is 6.04 Å². The van der Waals surface area contributed by atoms with Gasteiger partial charge in [-0.3, -0.25) is 0 Å². The molecule has 4 N–H and O–H groups in total. The summed E-state index contributed by atoms with van der Waals surface area (Å²) in [6, 6.07) is 0.515. The number of hydrogen-bond acceptors (Lipinski definition) is 5. The van der Waals surface area contributed by atoms with Gasteiger partial charge < -0.3 is 16.4 Å². The predicted molar refractivity (Wildman–Crippen MR) is 70.0 cm³/mol. The molecule has 0 unspecified atom stereocenters. The largest absolute Gasteiger partial charge is 0.379 e. The van der Waals surface area contributed by atoms with Crippen LogP contribution in [-0.4, -0.2) is 29.1 Å². The van der Waals surface area contributed by atoms with Crippen LogP contribution >= 0.6 is 0 Å². The van der Waals surface area contributed by atoms with Crippen LogP contribution in [0.15, 0.2) is 6.20 Å². The second-order valence-electron chi connectivity index (χ2n) is 4.85. The molecule has 0 aliphatic carbocycles. The first-order valence-electron chi connectivity index (χ1n) is 6.26. The molecule has 94 valence electrons. The van der Waals surface area contributed by atoms with Crippen molar-refractivity contribution >= 4 is 11.6 Å². The molecular formula is C12H21N5. The zero-order valence-corrected chi connectivity index (χ0v) is 10.5. The molecular weight excluding hydrogens is 214 g/mol. The van der Waals surface area contributed by atoms with E-state index in [0.717, 1.165) is 37.3 Å². The van der Waals surface area contributed by atoms with E-state index >= 15 is 0 Å². The molecule has 1 saturated heterocycles. The Balaban J connectivity index is 2.13. The number of nitrogens with one attached hydrogen (secondary N) is 2.